The quantitative estimate of drug-likeness (QED) is 0.809. The van der Waals surface area contributed by atoms with Crippen molar-refractivity contribution in [3.63, 3.8) is 0 Å². The molecule has 0 aliphatic carbocycles. The number of benzene rings is 2. The SMILES string of the molecule is O=C(c1ccccc1)C1CC2NCC(O)C2N1C(=O)OCc1ccccc1. The molecule has 6 heteroatoms. The number of likely N-dealkylation sites (tertiary alicyclic amines) is 1. The summed E-state index contributed by atoms with van der Waals surface area (Å²) < 4.78 is 5.48. The zero-order valence-corrected chi connectivity index (χ0v) is 14.8. The van der Waals surface area contributed by atoms with E-state index in [1.165, 1.54) is 4.90 Å². The van der Waals surface area contributed by atoms with Gasteiger partial charge in [0.05, 0.1) is 12.1 Å². The van der Waals surface area contributed by atoms with E-state index in [1.807, 2.05) is 36.4 Å². The predicted molar refractivity (Wildman–Crippen MR) is 99.2 cm³/mol. The molecule has 0 radical (unpaired) electrons. The van der Waals surface area contributed by atoms with Crippen molar-refractivity contribution in [3.05, 3.63) is 71.8 Å². The average molecular weight is 366 g/mol. The molecule has 0 saturated carbocycles. The predicted octanol–water partition coefficient (Wildman–Crippen LogP) is 1.98. The summed E-state index contributed by atoms with van der Waals surface area (Å²) in [6, 6.07) is 17.1. The number of carbonyl (C=O) groups excluding carboxylic acids is 2. The van der Waals surface area contributed by atoms with E-state index < -0.39 is 24.3 Å². The van der Waals surface area contributed by atoms with Gasteiger partial charge in [-0.2, -0.15) is 0 Å². The van der Waals surface area contributed by atoms with Gasteiger partial charge in [0, 0.05) is 18.2 Å². The van der Waals surface area contributed by atoms with E-state index in [-0.39, 0.29) is 18.4 Å². The zero-order valence-electron chi connectivity index (χ0n) is 14.8. The fourth-order valence-electron chi connectivity index (χ4n) is 4.02. The molecule has 1 amide bonds. The molecule has 4 rings (SSSR count). The topological polar surface area (TPSA) is 78.9 Å². The number of Topliss-reactive ketones (excluding diaryl/α,β-unsaturated/α-hetero) is 1. The Morgan fingerprint density at radius 3 is 2.44 bits per heavy atom. The van der Waals surface area contributed by atoms with E-state index >= 15 is 0 Å². The Hall–Kier alpha value is -2.70. The summed E-state index contributed by atoms with van der Waals surface area (Å²) in [6.07, 6.45) is -0.813. The molecule has 6 nitrogen and oxygen atoms in total. The Balaban J connectivity index is 1.55. The number of amides is 1. The number of ketones is 1. The fraction of sp³-hybridized carbons (Fsp3) is 0.333. The summed E-state index contributed by atoms with van der Waals surface area (Å²) in [4.78, 5) is 27.3. The summed E-state index contributed by atoms with van der Waals surface area (Å²) in [7, 11) is 0. The fourth-order valence-corrected chi connectivity index (χ4v) is 4.02. The van der Waals surface area contributed by atoms with E-state index in [9.17, 15) is 14.7 Å². The second kappa shape index (κ2) is 7.50. The maximum absolute atomic E-state index is 13.0. The van der Waals surface area contributed by atoms with Gasteiger partial charge in [0.2, 0.25) is 0 Å². The second-order valence-electron chi connectivity index (χ2n) is 7.00. The van der Waals surface area contributed by atoms with Crippen LogP contribution in [0.5, 0.6) is 0 Å². The maximum atomic E-state index is 13.0. The van der Waals surface area contributed by atoms with Crippen molar-refractivity contribution in [1.82, 2.24) is 10.2 Å². The van der Waals surface area contributed by atoms with E-state index in [1.54, 1.807) is 24.3 Å². The van der Waals surface area contributed by atoms with Gasteiger partial charge >= 0.3 is 6.09 Å². The van der Waals surface area contributed by atoms with E-state index in [4.69, 9.17) is 4.74 Å². The minimum absolute atomic E-state index is 0.109. The van der Waals surface area contributed by atoms with Crippen molar-refractivity contribution >= 4 is 11.9 Å². The summed E-state index contributed by atoms with van der Waals surface area (Å²) in [5, 5.41) is 13.6. The first kappa shape index (κ1) is 17.7. The lowest BCUT2D eigenvalue weighted by Crippen LogP contribution is -2.49. The Bertz CT molecular complexity index is 811. The van der Waals surface area contributed by atoms with Crippen LogP contribution in [-0.2, 0) is 11.3 Å². The van der Waals surface area contributed by atoms with E-state index in [2.05, 4.69) is 5.32 Å². The highest BCUT2D eigenvalue weighted by atomic mass is 16.6. The van der Waals surface area contributed by atoms with Crippen molar-refractivity contribution in [2.24, 2.45) is 0 Å². The van der Waals surface area contributed by atoms with Gasteiger partial charge in [0.1, 0.15) is 12.6 Å². The lowest BCUT2D eigenvalue weighted by molar-refractivity contribution is 0.0431. The number of hydrogen-bond donors (Lipinski definition) is 2. The number of hydrogen-bond acceptors (Lipinski definition) is 5. The molecule has 2 aromatic carbocycles. The molecule has 2 aliphatic heterocycles. The number of carbonyl (C=O) groups is 2. The maximum Gasteiger partial charge on any atom is 0.411 e. The Kier molecular flexibility index (Phi) is 4.92. The molecule has 0 spiro atoms. The first-order valence-corrected chi connectivity index (χ1v) is 9.15. The zero-order chi connectivity index (χ0) is 18.8. The third-order valence-corrected chi connectivity index (χ3v) is 5.31. The third kappa shape index (κ3) is 3.46. The van der Waals surface area contributed by atoms with Crippen LogP contribution in [-0.4, -0.2) is 52.7 Å². The van der Waals surface area contributed by atoms with Gasteiger partial charge in [0.25, 0.3) is 0 Å². The summed E-state index contributed by atoms with van der Waals surface area (Å²) in [6.45, 7) is 0.535. The Morgan fingerprint density at radius 2 is 1.74 bits per heavy atom. The number of rotatable bonds is 4. The number of nitrogens with one attached hydrogen (secondary N) is 1. The highest BCUT2D eigenvalue weighted by molar-refractivity contribution is 6.02. The van der Waals surface area contributed by atoms with Gasteiger partial charge < -0.3 is 15.2 Å². The van der Waals surface area contributed by atoms with Crippen LogP contribution in [0.15, 0.2) is 60.7 Å². The molecular formula is C21H22N2O4. The van der Waals surface area contributed by atoms with Gasteiger partial charge in [-0.1, -0.05) is 60.7 Å². The molecule has 2 heterocycles. The van der Waals surface area contributed by atoms with Crippen molar-refractivity contribution < 1.29 is 19.4 Å². The molecule has 4 atom stereocenters. The van der Waals surface area contributed by atoms with Crippen LogP contribution >= 0.6 is 0 Å². The normalized spacial score (nSPS) is 26.6. The molecule has 0 aromatic heterocycles. The standard InChI is InChI=1S/C21H22N2O4/c24-18-12-22-16-11-17(20(25)15-9-5-2-6-10-15)23(19(16)18)21(26)27-13-14-7-3-1-4-8-14/h1-10,16-19,22,24H,11-13H2. The lowest BCUT2D eigenvalue weighted by atomic mass is 10.0. The number of aliphatic hydroxyl groups excluding tert-OH is 1. The first-order chi connectivity index (χ1) is 13.1. The average Bonchev–Trinajstić information content (AvgIpc) is 3.27. The molecular weight excluding hydrogens is 344 g/mol. The van der Waals surface area contributed by atoms with Gasteiger partial charge in [0.15, 0.2) is 5.78 Å². The largest absolute Gasteiger partial charge is 0.445 e. The molecule has 2 aromatic rings. The first-order valence-electron chi connectivity index (χ1n) is 9.15. The van der Waals surface area contributed by atoms with Crippen LogP contribution in [0.2, 0.25) is 0 Å². The van der Waals surface area contributed by atoms with Crippen LogP contribution in [0.1, 0.15) is 22.3 Å². The molecule has 2 aliphatic rings. The number of nitrogens with zero attached hydrogens (tertiary/aromatic N) is 1. The smallest absolute Gasteiger partial charge is 0.411 e. The second-order valence-corrected chi connectivity index (χ2v) is 7.00. The van der Waals surface area contributed by atoms with Gasteiger partial charge in [-0.05, 0) is 12.0 Å². The minimum Gasteiger partial charge on any atom is -0.445 e. The minimum atomic E-state index is -0.715. The molecule has 2 saturated heterocycles. The highest BCUT2D eigenvalue weighted by Gasteiger charge is 2.53. The summed E-state index contributed by atoms with van der Waals surface area (Å²) in [5.74, 6) is -0.129. The Morgan fingerprint density at radius 1 is 1.07 bits per heavy atom. The molecule has 2 fully saturated rings. The van der Waals surface area contributed by atoms with Crippen molar-refractivity contribution in [1.29, 1.82) is 0 Å². The van der Waals surface area contributed by atoms with Crippen LogP contribution in [0.3, 0.4) is 0 Å². The Labute approximate surface area is 157 Å². The number of β-amino-alcohol motifs (C(OH)–C–C–N with tert-alkyl or cyclic N) is 1. The summed E-state index contributed by atoms with van der Waals surface area (Å²) in [5.41, 5.74) is 1.43. The van der Waals surface area contributed by atoms with Crippen molar-refractivity contribution in [3.8, 4) is 0 Å². The van der Waals surface area contributed by atoms with E-state index in [0.29, 0.717) is 18.5 Å². The third-order valence-electron chi connectivity index (χ3n) is 5.31. The molecule has 140 valence electrons. The lowest BCUT2D eigenvalue weighted by Gasteiger charge is -2.29. The van der Waals surface area contributed by atoms with Gasteiger partial charge in [-0.3, -0.25) is 9.69 Å². The van der Waals surface area contributed by atoms with Gasteiger partial charge in [-0.15, -0.1) is 0 Å². The van der Waals surface area contributed by atoms with E-state index in [0.717, 1.165) is 5.56 Å². The highest BCUT2D eigenvalue weighted by Crippen LogP contribution is 2.33. The van der Waals surface area contributed by atoms with Crippen LogP contribution in [0.4, 0.5) is 4.79 Å². The van der Waals surface area contributed by atoms with Crippen LogP contribution in [0.25, 0.3) is 0 Å². The number of ether oxygens (including phenoxy) is 1. The molecule has 4 unspecified atom stereocenters. The monoisotopic (exact) mass is 366 g/mol. The molecule has 0 bridgehead atoms. The van der Waals surface area contributed by atoms with Crippen LogP contribution < -0.4 is 5.32 Å². The van der Waals surface area contributed by atoms with Crippen LogP contribution in [0, 0.1) is 0 Å². The van der Waals surface area contributed by atoms with Gasteiger partial charge in [-0.25, -0.2) is 4.79 Å². The number of fused-ring (bicyclic) bond motifs is 1. The van der Waals surface area contributed by atoms with Crippen molar-refractivity contribution in [2.45, 2.75) is 37.3 Å². The summed E-state index contributed by atoms with van der Waals surface area (Å²) >= 11 is 0. The van der Waals surface area contributed by atoms with Crippen molar-refractivity contribution in [2.75, 3.05) is 6.54 Å². The number of aliphatic hydroxyl groups is 1. The molecule has 27 heavy (non-hydrogen) atoms. The molecule has 2 N–H and O–H groups in total.